The summed E-state index contributed by atoms with van der Waals surface area (Å²) in [5, 5.41) is 11.2. The zero-order valence-electron chi connectivity index (χ0n) is 12.1. The van der Waals surface area contributed by atoms with Gasteiger partial charge in [0.25, 0.3) is 0 Å². The minimum atomic E-state index is -0.578. The average Bonchev–Trinajstić information content (AvgIpc) is 2.60. The molecule has 0 unspecified atom stereocenters. The molecule has 0 bridgehead atoms. The van der Waals surface area contributed by atoms with Crippen molar-refractivity contribution in [1.29, 1.82) is 0 Å². The second-order valence-electron chi connectivity index (χ2n) is 4.56. The van der Waals surface area contributed by atoms with Crippen molar-refractivity contribution in [1.82, 2.24) is 9.97 Å². The quantitative estimate of drug-likeness (QED) is 0.496. The predicted octanol–water partition coefficient (Wildman–Crippen LogP) is 4.62. The smallest absolute Gasteiger partial charge is 0.313 e. The monoisotopic (exact) mass is 343 g/mol. The van der Waals surface area contributed by atoms with Gasteiger partial charge in [-0.2, -0.15) is 0 Å². The summed E-state index contributed by atoms with van der Waals surface area (Å²) >= 11 is 6.26. The molecule has 0 amide bonds. The van der Waals surface area contributed by atoms with E-state index in [0.717, 1.165) is 0 Å². The van der Waals surface area contributed by atoms with Gasteiger partial charge in [-0.1, -0.05) is 11.6 Å². The van der Waals surface area contributed by atoms with E-state index < -0.39 is 4.92 Å². The molecule has 3 rings (SSSR count). The van der Waals surface area contributed by atoms with E-state index in [0.29, 0.717) is 11.5 Å². The van der Waals surface area contributed by atoms with Crippen molar-refractivity contribution < 1.29 is 14.4 Å². The molecule has 0 aliphatic heterocycles. The Balaban J connectivity index is 2.01. The third-order valence-electron chi connectivity index (χ3n) is 2.95. The maximum absolute atomic E-state index is 11.2. The first-order chi connectivity index (χ1) is 11.6. The van der Waals surface area contributed by atoms with E-state index in [1.54, 1.807) is 36.7 Å². The van der Waals surface area contributed by atoms with Gasteiger partial charge in [0.2, 0.25) is 5.75 Å². The van der Waals surface area contributed by atoms with Gasteiger partial charge in [-0.05, 0) is 30.3 Å². The lowest BCUT2D eigenvalue weighted by molar-refractivity contribution is -0.385. The van der Waals surface area contributed by atoms with Crippen LogP contribution in [0.4, 0.5) is 5.69 Å². The highest BCUT2D eigenvalue weighted by molar-refractivity contribution is 6.34. The fraction of sp³-hybridized carbons (Fsp3) is 0. The topological polar surface area (TPSA) is 87.4 Å². The number of nitrogens with zero attached hydrogens (tertiary/aromatic N) is 3. The van der Waals surface area contributed by atoms with E-state index in [-0.39, 0.29) is 22.2 Å². The Morgan fingerprint density at radius 3 is 2.12 bits per heavy atom. The average molecular weight is 344 g/mol. The maximum Gasteiger partial charge on any atom is 0.313 e. The van der Waals surface area contributed by atoms with E-state index in [9.17, 15) is 10.1 Å². The van der Waals surface area contributed by atoms with Crippen molar-refractivity contribution in [3.05, 3.63) is 76.3 Å². The van der Waals surface area contributed by atoms with Crippen molar-refractivity contribution in [3.8, 4) is 23.0 Å². The molecule has 0 atom stereocenters. The number of benzene rings is 1. The lowest BCUT2D eigenvalue weighted by Crippen LogP contribution is -1.96. The molecule has 2 heterocycles. The van der Waals surface area contributed by atoms with E-state index >= 15 is 0 Å². The van der Waals surface area contributed by atoms with Gasteiger partial charge < -0.3 is 9.47 Å². The van der Waals surface area contributed by atoms with E-state index in [1.165, 1.54) is 24.5 Å². The minimum absolute atomic E-state index is 0.0168. The third-order valence-corrected chi connectivity index (χ3v) is 3.31. The highest BCUT2D eigenvalue weighted by Crippen LogP contribution is 2.44. The first-order valence-electron chi connectivity index (χ1n) is 6.78. The normalized spacial score (nSPS) is 10.2. The Hall–Kier alpha value is -3.19. The molecule has 8 heteroatoms. The SMILES string of the molecule is O=[N+]([O-])c1ccc(Oc2cccnc2)c(Cl)c1Oc1cccnc1. The largest absolute Gasteiger partial charge is 0.454 e. The van der Waals surface area contributed by atoms with Crippen molar-refractivity contribution >= 4 is 17.3 Å². The highest BCUT2D eigenvalue weighted by Gasteiger charge is 2.23. The van der Waals surface area contributed by atoms with Crippen molar-refractivity contribution in [2.45, 2.75) is 0 Å². The molecule has 0 fully saturated rings. The Morgan fingerprint density at radius 2 is 1.58 bits per heavy atom. The van der Waals surface area contributed by atoms with Crippen molar-refractivity contribution in [2.75, 3.05) is 0 Å². The predicted molar refractivity (Wildman–Crippen MR) is 86.7 cm³/mol. The molecule has 7 nitrogen and oxygen atoms in total. The molecule has 0 aliphatic carbocycles. The number of nitro benzene ring substituents is 1. The summed E-state index contributed by atoms with van der Waals surface area (Å²) in [4.78, 5) is 18.5. The van der Waals surface area contributed by atoms with E-state index in [1.807, 2.05) is 0 Å². The van der Waals surface area contributed by atoms with Crippen LogP contribution in [0, 0.1) is 10.1 Å². The molecule has 1 aromatic carbocycles. The number of aromatic nitrogens is 2. The summed E-state index contributed by atoms with van der Waals surface area (Å²) in [6, 6.07) is 9.31. The van der Waals surface area contributed by atoms with Crippen LogP contribution in [0.1, 0.15) is 0 Å². The molecule has 0 spiro atoms. The first kappa shape index (κ1) is 15.7. The van der Waals surface area contributed by atoms with Gasteiger partial charge in [-0.25, -0.2) is 0 Å². The van der Waals surface area contributed by atoms with Gasteiger partial charge >= 0.3 is 5.69 Å². The van der Waals surface area contributed by atoms with E-state index in [2.05, 4.69) is 9.97 Å². The Bertz CT molecular complexity index is 860. The van der Waals surface area contributed by atoms with Crippen LogP contribution in [0.2, 0.25) is 5.02 Å². The van der Waals surface area contributed by atoms with Gasteiger partial charge in [0.05, 0.1) is 17.3 Å². The molecular formula is C16H10ClN3O4. The van der Waals surface area contributed by atoms with Crippen LogP contribution >= 0.6 is 11.6 Å². The molecule has 0 radical (unpaired) electrons. The number of hydrogen-bond donors (Lipinski definition) is 0. The summed E-state index contributed by atoms with van der Waals surface area (Å²) in [5.41, 5.74) is -0.276. The van der Waals surface area contributed by atoms with Gasteiger partial charge in [0.1, 0.15) is 22.3 Å². The highest BCUT2D eigenvalue weighted by atomic mass is 35.5. The van der Waals surface area contributed by atoms with Gasteiger partial charge in [0.15, 0.2) is 0 Å². The molecule has 24 heavy (non-hydrogen) atoms. The standard InChI is InChI=1S/C16H10ClN3O4/c17-15-14(23-11-3-1-7-18-9-11)6-5-13(20(21)22)16(15)24-12-4-2-8-19-10-12/h1-10H. The third kappa shape index (κ3) is 3.41. The number of hydrogen-bond acceptors (Lipinski definition) is 6. The lowest BCUT2D eigenvalue weighted by Gasteiger charge is -2.12. The fourth-order valence-corrected chi connectivity index (χ4v) is 2.14. The van der Waals surface area contributed by atoms with Crippen LogP contribution in [0.25, 0.3) is 0 Å². The summed E-state index contributed by atoms with van der Waals surface area (Å²) in [6.07, 6.45) is 6.08. The number of nitro groups is 1. The van der Waals surface area contributed by atoms with Crippen LogP contribution in [-0.2, 0) is 0 Å². The van der Waals surface area contributed by atoms with Crippen LogP contribution in [0.15, 0.2) is 61.2 Å². The summed E-state index contributed by atoms with van der Waals surface area (Å²) in [7, 11) is 0. The molecule has 0 N–H and O–H groups in total. The van der Waals surface area contributed by atoms with Crippen LogP contribution in [-0.4, -0.2) is 14.9 Å². The molecular weight excluding hydrogens is 334 g/mol. The van der Waals surface area contributed by atoms with Crippen molar-refractivity contribution in [3.63, 3.8) is 0 Å². The molecule has 0 aliphatic rings. The zero-order chi connectivity index (χ0) is 16.9. The second kappa shape index (κ2) is 6.93. The maximum atomic E-state index is 11.2. The lowest BCUT2D eigenvalue weighted by atomic mass is 10.2. The molecule has 3 aromatic rings. The number of rotatable bonds is 5. The Kier molecular flexibility index (Phi) is 4.53. The van der Waals surface area contributed by atoms with E-state index in [4.69, 9.17) is 21.1 Å². The number of halogens is 1. The minimum Gasteiger partial charge on any atom is -0.454 e. The molecule has 0 saturated carbocycles. The second-order valence-corrected chi connectivity index (χ2v) is 4.94. The van der Waals surface area contributed by atoms with Gasteiger partial charge in [-0.15, -0.1) is 0 Å². The van der Waals surface area contributed by atoms with Crippen LogP contribution < -0.4 is 9.47 Å². The first-order valence-corrected chi connectivity index (χ1v) is 7.15. The summed E-state index contributed by atoms with van der Waals surface area (Å²) < 4.78 is 11.2. The molecule has 0 saturated heterocycles. The summed E-state index contributed by atoms with van der Waals surface area (Å²) in [6.45, 7) is 0. The van der Waals surface area contributed by atoms with Crippen LogP contribution in [0.5, 0.6) is 23.0 Å². The molecule has 2 aromatic heterocycles. The zero-order valence-corrected chi connectivity index (χ0v) is 12.9. The van der Waals surface area contributed by atoms with Gasteiger partial charge in [0, 0.05) is 18.5 Å². The van der Waals surface area contributed by atoms with Gasteiger partial charge in [-0.3, -0.25) is 20.1 Å². The Labute approximate surface area is 141 Å². The number of ether oxygens (including phenoxy) is 2. The summed E-state index contributed by atoms with van der Waals surface area (Å²) in [5.74, 6) is 0.867. The van der Waals surface area contributed by atoms with Crippen molar-refractivity contribution in [2.24, 2.45) is 0 Å². The Morgan fingerprint density at radius 1 is 0.958 bits per heavy atom. The molecule has 120 valence electrons. The van der Waals surface area contributed by atoms with Crippen LogP contribution in [0.3, 0.4) is 0 Å². The fourth-order valence-electron chi connectivity index (χ4n) is 1.91. The number of pyridine rings is 2.